The summed E-state index contributed by atoms with van der Waals surface area (Å²) in [5, 5.41) is 0. The van der Waals surface area contributed by atoms with Gasteiger partial charge in [-0.3, -0.25) is 0 Å². The Kier molecular flexibility index (Phi) is 8.17. The zero-order valence-electron chi connectivity index (χ0n) is 14.8. The third kappa shape index (κ3) is 7.08. The fraction of sp³-hybridized carbons (Fsp3) is 0.364. The van der Waals surface area contributed by atoms with Crippen molar-refractivity contribution in [3.63, 3.8) is 0 Å². The molecule has 0 saturated carbocycles. The molecular weight excluding hydrogens is 318 g/mol. The quantitative estimate of drug-likeness (QED) is 0.410. The van der Waals surface area contributed by atoms with Crippen molar-refractivity contribution in [2.75, 3.05) is 6.61 Å². The molecule has 0 aliphatic carbocycles. The van der Waals surface area contributed by atoms with Crippen molar-refractivity contribution in [2.24, 2.45) is 0 Å². The lowest BCUT2D eigenvalue weighted by molar-refractivity contribution is 0.304. The zero-order chi connectivity index (χ0) is 17.9. The van der Waals surface area contributed by atoms with E-state index >= 15 is 0 Å². The van der Waals surface area contributed by atoms with Gasteiger partial charge in [0.1, 0.15) is 5.75 Å². The monoisotopic (exact) mass is 344 g/mol. The Morgan fingerprint density at radius 2 is 1.36 bits per heavy atom. The Labute approximate surface area is 149 Å². The third-order valence-corrected chi connectivity index (χ3v) is 4.14. The van der Waals surface area contributed by atoms with Gasteiger partial charge in [0.25, 0.3) is 6.08 Å². The van der Waals surface area contributed by atoms with Gasteiger partial charge in [-0.1, -0.05) is 75.4 Å². The number of halogens is 2. The van der Waals surface area contributed by atoms with Crippen LogP contribution in [0.4, 0.5) is 8.78 Å². The lowest BCUT2D eigenvalue weighted by Crippen LogP contribution is -1.97. The highest BCUT2D eigenvalue weighted by atomic mass is 19.3. The molecule has 0 aliphatic heterocycles. The first kappa shape index (κ1) is 19.2. The van der Waals surface area contributed by atoms with Crippen LogP contribution >= 0.6 is 0 Å². The molecule has 134 valence electrons. The summed E-state index contributed by atoms with van der Waals surface area (Å²) in [5.74, 6) is 0.872. The SMILES string of the molecule is CCCCCCCCOc1ccc(-c2ccc(C=C(F)F)cc2)cc1. The van der Waals surface area contributed by atoms with Gasteiger partial charge in [-0.25, -0.2) is 0 Å². The lowest BCUT2D eigenvalue weighted by Gasteiger charge is -2.08. The maximum absolute atomic E-state index is 12.2. The lowest BCUT2D eigenvalue weighted by atomic mass is 10.0. The summed E-state index contributed by atoms with van der Waals surface area (Å²) in [4.78, 5) is 0. The van der Waals surface area contributed by atoms with Crippen LogP contribution in [0.2, 0.25) is 0 Å². The molecule has 2 aromatic rings. The van der Waals surface area contributed by atoms with Crippen molar-refractivity contribution in [3.8, 4) is 16.9 Å². The van der Waals surface area contributed by atoms with Gasteiger partial charge in [0.2, 0.25) is 0 Å². The van der Waals surface area contributed by atoms with Crippen LogP contribution in [0.3, 0.4) is 0 Å². The molecule has 1 nitrogen and oxygen atoms in total. The molecule has 0 aromatic heterocycles. The van der Waals surface area contributed by atoms with Crippen molar-refractivity contribution in [1.29, 1.82) is 0 Å². The maximum atomic E-state index is 12.2. The normalized spacial score (nSPS) is 10.5. The highest BCUT2D eigenvalue weighted by molar-refractivity contribution is 5.66. The van der Waals surface area contributed by atoms with E-state index in [1.165, 1.54) is 32.1 Å². The molecule has 0 unspecified atom stereocenters. The minimum Gasteiger partial charge on any atom is -0.494 e. The van der Waals surface area contributed by atoms with Gasteiger partial charge >= 0.3 is 0 Å². The Balaban J connectivity index is 1.80. The third-order valence-electron chi connectivity index (χ3n) is 4.14. The molecule has 0 bridgehead atoms. The minimum atomic E-state index is -1.68. The summed E-state index contributed by atoms with van der Waals surface area (Å²) in [5.41, 5.74) is 2.55. The first-order valence-corrected chi connectivity index (χ1v) is 9.05. The van der Waals surface area contributed by atoms with Crippen molar-refractivity contribution < 1.29 is 13.5 Å². The highest BCUT2D eigenvalue weighted by Crippen LogP contribution is 2.23. The van der Waals surface area contributed by atoms with Crippen LogP contribution in [-0.4, -0.2) is 6.61 Å². The van der Waals surface area contributed by atoms with Crippen LogP contribution in [-0.2, 0) is 0 Å². The molecule has 2 rings (SSSR count). The standard InChI is InChI=1S/C22H26F2O/c1-2-3-4-5-6-7-16-25-21-14-12-20(13-15-21)19-10-8-18(9-11-19)17-22(23)24/h8-15,17H,2-7,16H2,1H3. The van der Waals surface area contributed by atoms with E-state index in [2.05, 4.69) is 6.92 Å². The molecule has 0 spiro atoms. The molecular formula is C22H26F2O. The molecule has 0 aliphatic rings. The van der Waals surface area contributed by atoms with Gasteiger partial charge < -0.3 is 4.74 Å². The number of ether oxygens (including phenoxy) is 1. The Bertz CT molecular complexity index is 641. The molecule has 25 heavy (non-hydrogen) atoms. The summed E-state index contributed by atoms with van der Waals surface area (Å²) < 4.78 is 30.3. The van der Waals surface area contributed by atoms with Crippen LogP contribution in [0.15, 0.2) is 54.6 Å². The predicted octanol–water partition coefficient (Wildman–Crippen LogP) is 7.33. The minimum absolute atomic E-state index is 0.502. The van der Waals surface area contributed by atoms with Crippen molar-refractivity contribution >= 4 is 6.08 Å². The topological polar surface area (TPSA) is 9.23 Å². The maximum Gasteiger partial charge on any atom is 0.270 e. The summed E-state index contributed by atoms with van der Waals surface area (Å²) in [6.07, 6.45) is 6.69. The molecule has 0 amide bonds. The number of unbranched alkanes of at least 4 members (excludes halogenated alkanes) is 5. The molecule has 0 radical (unpaired) electrons. The Morgan fingerprint density at radius 1 is 0.800 bits per heavy atom. The first-order chi connectivity index (χ1) is 12.2. The fourth-order valence-electron chi connectivity index (χ4n) is 2.71. The molecule has 3 heteroatoms. The van der Waals surface area contributed by atoms with Crippen LogP contribution in [0.1, 0.15) is 51.0 Å². The fourth-order valence-corrected chi connectivity index (χ4v) is 2.71. The predicted molar refractivity (Wildman–Crippen MR) is 101 cm³/mol. The van der Waals surface area contributed by atoms with E-state index in [1.807, 2.05) is 36.4 Å². The molecule has 0 fully saturated rings. The van der Waals surface area contributed by atoms with Crippen LogP contribution in [0.5, 0.6) is 5.75 Å². The Hall–Kier alpha value is -2.16. The van der Waals surface area contributed by atoms with E-state index in [1.54, 1.807) is 12.1 Å². The van der Waals surface area contributed by atoms with Crippen LogP contribution in [0.25, 0.3) is 17.2 Å². The summed E-state index contributed by atoms with van der Waals surface area (Å²) in [7, 11) is 0. The highest BCUT2D eigenvalue weighted by Gasteiger charge is 2.00. The molecule has 0 N–H and O–H groups in total. The van der Waals surface area contributed by atoms with E-state index in [9.17, 15) is 8.78 Å². The van der Waals surface area contributed by atoms with E-state index in [-0.39, 0.29) is 0 Å². The molecule has 2 aromatic carbocycles. The van der Waals surface area contributed by atoms with E-state index < -0.39 is 6.08 Å². The zero-order valence-corrected chi connectivity index (χ0v) is 14.8. The van der Waals surface area contributed by atoms with E-state index in [0.29, 0.717) is 5.56 Å². The summed E-state index contributed by atoms with van der Waals surface area (Å²) in [6, 6.07) is 15.0. The van der Waals surface area contributed by atoms with E-state index in [4.69, 9.17) is 4.74 Å². The van der Waals surface area contributed by atoms with Crippen LogP contribution in [0, 0.1) is 0 Å². The first-order valence-electron chi connectivity index (χ1n) is 9.05. The largest absolute Gasteiger partial charge is 0.494 e. The molecule has 0 heterocycles. The van der Waals surface area contributed by atoms with Crippen molar-refractivity contribution in [3.05, 3.63) is 60.2 Å². The number of hydrogen-bond acceptors (Lipinski definition) is 1. The van der Waals surface area contributed by atoms with Gasteiger partial charge in [-0.15, -0.1) is 0 Å². The number of hydrogen-bond donors (Lipinski definition) is 0. The Morgan fingerprint density at radius 3 is 1.96 bits per heavy atom. The number of benzene rings is 2. The smallest absolute Gasteiger partial charge is 0.270 e. The van der Waals surface area contributed by atoms with Crippen molar-refractivity contribution in [2.45, 2.75) is 45.4 Å². The van der Waals surface area contributed by atoms with E-state index in [0.717, 1.165) is 36.0 Å². The van der Waals surface area contributed by atoms with Crippen LogP contribution < -0.4 is 4.74 Å². The van der Waals surface area contributed by atoms with Gasteiger partial charge in [0.05, 0.1) is 6.61 Å². The van der Waals surface area contributed by atoms with Crippen molar-refractivity contribution in [1.82, 2.24) is 0 Å². The second-order valence-corrected chi connectivity index (χ2v) is 6.20. The van der Waals surface area contributed by atoms with Gasteiger partial charge in [-0.05, 0) is 35.2 Å². The average Bonchev–Trinajstić information content (AvgIpc) is 2.62. The van der Waals surface area contributed by atoms with Gasteiger partial charge in [0, 0.05) is 6.08 Å². The van der Waals surface area contributed by atoms with Gasteiger partial charge in [-0.2, -0.15) is 8.78 Å². The second kappa shape index (κ2) is 10.7. The van der Waals surface area contributed by atoms with Gasteiger partial charge in [0.15, 0.2) is 0 Å². The summed E-state index contributed by atoms with van der Waals surface area (Å²) >= 11 is 0. The molecule has 0 atom stereocenters. The summed E-state index contributed by atoms with van der Waals surface area (Å²) in [6.45, 7) is 2.98. The second-order valence-electron chi connectivity index (χ2n) is 6.20. The average molecular weight is 344 g/mol. The molecule has 0 saturated heterocycles. The number of rotatable bonds is 10.